The van der Waals surface area contributed by atoms with E-state index in [0.29, 0.717) is 16.2 Å². The van der Waals surface area contributed by atoms with Crippen molar-refractivity contribution < 1.29 is 40.1 Å². The number of likely N-dealkylation sites (tertiary alicyclic amines) is 1. The molecule has 1 saturated heterocycles. The molecule has 2 rings (SSSR count). The highest BCUT2D eigenvalue weighted by Gasteiger charge is 2.50. The predicted octanol–water partition coefficient (Wildman–Crippen LogP) is 1.15. The highest BCUT2D eigenvalue weighted by molar-refractivity contribution is 7.87. The highest BCUT2D eigenvalue weighted by atomic mass is 32.2. The molecule has 2 amide bonds. The molecule has 1 unspecified atom stereocenters. The Labute approximate surface area is 154 Å². The number of ether oxygens (including phenoxy) is 1. The summed E-state index contributed by atoms with van der Waals surface area (Å²) in [6, 6.07) is 6.29. The second-order valence-corrected chi connectivity index (χ2v) is 6.75. The van der Waals surface area contributed by atoms with Gasteiger partial charge >= 0.3 is 15.6 Å². The molecule has 152 valence electrons. The van der Waals surface area contributed by atoms with Gasteiger partial charge in [-0.2, -0.15) is 21.6 Å². The number of carbonyl (C=O) groups is 2. The third-order valence-corrected chi connectivity index (χ3v) is 4.54. The van der Waals surface area contributed by atoms with Crippen LogP contribution in [0.1, 0.15) is 18.4 Å². The zero-order valence-electron chi connectivity index (χ0n) is 14.5. The normalized spacial score (nSPS) is 18.0. The number of hydrogen-bond donors (Lipinski definition) is 1. The summed E-state index contributed by atoms with van der Waals surface area (Å²) in [5.41, 5.74) is -0.628. The van der Waals surface area contributed by atoms with E-state index in [0.717, 1.165) is 0 Å². The number of halogens is 3. The summed E-state index contributed by atoms with van der Waals surface area (Å²) in [6.07, 6.45) is -2.63. The van der Waals surface area contributed by atoms with Crippen LogP contribution in [0.5, 0.6) is 5.75 Å². The third-order valence-electron chi connectivity index (χ3n) is 3.49. The van der Waals surface area contributed by atoms with Gasteiger partial charge in [-0.3, -0.25) is 14.5 Å². The molecule has 0 aliphatic carbocycles. The molecule has 2 N–H and O–H groups in total. The Hall–Kier alpha value is -2.18. The summed E-state index contributed by atoms with van der Waals surface area (Å²) in [5, 5.41) is 0. The minimum Gasteiger partial charge on any atom is -0.497 e. The van der Waals surface area contributed by atoms with E-state index in [-0.39, 0.29) is 13.0 Å². The monoisotopic (exact) mass is 412 g/mol. The van der Waals surface area contributed by atoms with Crippen molar-refractivity contribution in [2.75, 3.05) is 14.2 Å². The van der Waals surface area contributed by atoms with Gasteiger partial charge in [0, 0.05) is 6.42 Å². The van der Waals surface area contributed by atoms with Crippen LogP contribution in [0.3, 0.4) is 0 Å². The zero-order chi connectivity index (χ0) is 20.8. The maximum Gasteiger partial charge on any atom is 0.523 e. The molecule has 0 radical (unpaired) electrons. The van der Waals surface area contributed by atoms with Crippen molar-refractivity contribution in [3.63, 3.8) is 0 Å². The van der Waals surface area contributed by atoms with Crippen molar-refractivity contribution in [1.29, 1.82) is 0 Å². The van der Waals surface area contributed by atoms with E-state index >= 15 is 0 Å². The number of nitrogens with zero attached hydrogens (tertiary/aromatic N) is 1. The Balaban J connectivity index is 0.00000176. The quantitative estimate of drug-likeness (QED) is 0.438. The summed E-state index contributed by atoms with van der Waals surface area (Å²) >= 11 is 0. The maximum atomic E-state index is 12.4. The molecular formula is C15H19F3N2O6S. The average molecular weight is 412 g/mol. The summed E-state index contributed by atoms with van der Waals surface area (Å²) in [5.74, 6) is -1.21. The first-order valence-electron chi connectivity index (χ1n) is 7.59. The number of hydrogen-bond acceptors (Lipinski definition) is 7. The summed E-state index contributed by atoms with van der Waals surface area (Å²) in [4.78, 5) is 24.8. The second kappa shape index (κ2) is 9.15. The minimum absolute atomic E-state index is 0.215. The number of imide groups is 1. The third kappa shape index (κ3) is 5.65. The molecule has 1 aromatic carbocycles. The zero-order valence-corrected chi connectivity index (χ0v) is 15.3. The van der Waals surface area contributed by atoms with Crippen LogP contribution in [0.2, 0.25) is 0 Å². The van der Waals surface area contributed by atoms with Crippen LogP contribution in [0, 0.1) is 0 Å². The number of nitrogens with two attached hydrogens (primary N) is 1. The Bertz CT molecular complexity index is 765. The maximum absolute atomic E-state index is 12.4. The predicted molar refractivity (Wildman–Crippen MR) is 87.7 cm³/mol. The Morgan fingerprint density at radius 2 is 1.74 bits per heavy atom. The Kier molecular flexibility index (Phi) is 7.75. The SMILES string of the molecule is CN.COc1ccc(CN2C(=O)CCC(OS(=O)(=O)C(F)(F)F)C2=O)cc1. The van der Waals surface area contributed by atoms with Crippen LogP contribution in [-0.4, -0.2) is 50.9 Å². The number of methoxy groups -OCH3 is 1. The van der Waals surface area contributed by atoms with E-state index in [9.17, 15) is 31.2 Å². The van der Waals surface area contributed by atoms with Crippen LogP contribution in [0.4, 0.5) is 13.2 Å². The summed E-state index contributed by atoms with van der Waals surface area (Å²) in [7, 11) is -2.97. The first-order valence-corrected chi connectivity index (χ1v) is 9.00. The Morgan fingerprint density at radius 1 is 1.19 bits per heavy atom. The molecule has 8 nitrogen and oxygen atoms in total. The van der Waals surface area contributed by atoms with Crippen molar-refractivity contribution >= 4 is 21.9 Å². The standard InChI is InChI=1S/C14H14F3NO6S.CH5N/c1-23-10-4-2-9(3-5-10)8-18-12(19)7-6-11(13(18)20)24-25(21,22)14(15,16)17;1-2/h2-5,11H,6-8H2,1H3;2H2,1H3. The van der Waals surface area contributed by atoms with Crippen LogP contribution in [0.25, 0.3) is 0 Å². The fraction of sp³-hybridized carbons (Fsp3) is 0.467. The van der Waals surface area contributed by atoms with Gasteiger partial charge in [0.05, 0.1) is 13.7 Å². The molecule has 1 heterocycles. The molecule has 0 aromatic heterocycles. The van der Waals surface area contributed by atoms with E-state index in [1.807, 2.05) is 0 Å². The molecule has 1 fully saturated rings. The van der Waals surface area contributed by atoms with Gasteiger partial charge in [-0.05, 0) is 31.2 Å². The van der Waals surface area contributed by atoms with Crippen molar-refractivity contribution in [1.82, 2.24) is 4.90 Å². The fourth-order valence-electron chi connectivity index (χ4n) is 2.19. The number of benzene rings is 1. The lowest BCUT2D eigenvalue weighted by atomic mass is 10.1. The molecule has 1 aromatic rings. The van der Waals surface area contributed by atoms with Gasteiger partial charge in [0.15, 0.2) is 6.10 Å². The number of rotatable bonds is 5. The number of carbonyl (C=O) groups excluding carboxylic acids is 2. The first kappa shape index (κ1) is 22.9. The lowest BCUT2D eigenvalue weighted by Gasteiger charge is -2.30. The fourth-order valence-corrected chi connectivity index (χ4v) is 2.78. The smallest absolute Gasteiger partial charge is 0.497 e. The topological polar surface area (TPSA) is 116 Å². The molecule has 1 aliphatic rings. The summed E-state index contributed by atoms with van der Waals surface area (Å²) < 4.78 is 68.3. The largest absolute Gasteiger partial charge is 0.523 e. The molecule has 0 saturated carbocycles. The average Bonchev–Trinajstić information content (AvgIpc) is 2.62. The van der Waals surface area contributed by atoms with Crippen molar-refractivity contribution in [2.45, 2.75) is 31.0 Å². The summed E-state index contributed by atoms with van der Waals surface area (Å²) in [6.45, 7) is -0.215. The lowest BCUT2D eigenvalue weighted by Crippen LogP contribution is -2.49. The van der Waals surface area contributed by atoms with Crippen molar-refractivity contribution in [2.24, 2.45) is 5.73 Å². The number of amides is 2. The van der Waals surface area contributed by atoms with Crippen LogP contribution in [0.15, 0.2) is 24.3 Å². The molecule has 1 aliphatic heterocycles. The lowest BCUT2D eigenvalue weighted by molar-refractivity contribution is -0.155. The van der Waals surface area contributed by atoms with E-state index < -0.39 is 40.0 Å². The van der Waals surface area contributed by atoms with E-state index in [1.165, 1.54) is 14.2 Å². The molecule has 1 atom stereocenters. The molecular weight excluding hydrogens is 393 g/mol. The highest BCUT2D eigenvalue weighted by Crippen LogP contribution is 2.29. The van der Waals surface area contributed by atoms with Gasteiger partial charge in [0.25, 0.3) is 5.91 Å². The van der Waals surface area contributed by atoms with Gasteiger partial charge in [0.1, 0.15) is 5.75 Å². The van der Waals surface area contributed by atoms with E-state index in [2.05, 4.69) is 9.92 Å². The van der Waals surface area contributed by atoms with Gasteiger partial charge in [-0.1, -0.05) is 12.1 Å². The van der Waals surface area contributed by atoms with Gasteiger partial charge in [-0.25, -0.2) is 4.18 Å². The van der Waals surface area contributed by atoms with E-state index in [4.69, 9.17) is 4.74 Å². The first-order chi connectivity index (χ1) is 12.5. The van der Waals surface area contributed by atoms with Crippen LogP contribution in [-0.2, 0) is 30.4 Å². The van der Waals surface area contributed by atoms with Gasteiger partial charge < -0.3 is 10.5 Å². The second-order valence-electron chi connectivity index (χ2n) is 5.19. The minimum atomic E-state index is -5.93. The van der Waals surface area contributed by atoms with Gasteiger partial charge in [-0.15, -0.1) is 0 Å². The van der Waals surface area contributed by atoms with Crippen molar-refractivity contribution in [3.8, 4) is 5.75 Å². The molecule has 0 spiro atoms. The van der Waals surface area contributed by atoms with Crippen LogP contribution < -0.4 is 10.5 Å². The van der Waals surface area contributed by atoms with E-state index in [1.54, 1.807) is 24.3 Å². The Morgan fingerprint density at radius 3 is 2.22 bits per heavy atom. The number of alkyl halides is 3. The molecule has 0 bridgehead atoms. The number of piperidine rings is 1. The van der Waals surface area contributed by atoms with Crippen molar-refractivity contribution in [3.05, 3.63) is 29.8 Å². The molecule has 27 heavy (non-hydrogen) atoms. The van der Waals surface area contributed by atoms with Gasteiger partial charge in [0.2, 0.25) is 5.91 Å². The van der Waals surface area contributed by atoms with Crippen LogP contribution >= 0.6 is 0 Å². The molecule has 12 heteroatoms.